The van der Waals surface area contributed by atoms with Gasteiger partial charge in [0.05, 0.1) is 11.5 Å². The molecule has 0 aliphatic heterocycles. The first kappa shape index (κ1) is 15.3. The molecule has 19 heavy (non-hydrogen) atoms. The summed E-state index contributed by atoms with van der Waals surface area (Å²) in [5, 5.41) is 20.5. The Morgan fingerprint density at radius 2 is 2.32 bits per heavy atom. The fourth-order valence-corrected chi connectivity index (χ4v) is 1.76. The highest BCUT2D eigenvalue weighted by molar-refractivity contribution is 9.10. The third-order valence-corrected chi connectivity index (χ3v) is 2.66. The topological polar surface area (TPSA) is 89.7 Å². The number of nitro groups is 1. The van der Waals surface area contributed by atoms with E-state index in [1.807, 2.05) is 0 Å². The van der Waals surface area contributed by atoms with E-state index < -0.39 is 22.7 Å². The second kappa shape index (κ2) is 7.01. The molecule has 7 heteroatoms. The Morgan fingerprint density at radius 1 is 1.63 bits per heavy atom. The van der Waals surface area contributed by atoms with Gasteiger partial charge in [-0.3, -0.25) is 10.1 Å². The van der Waals surface area contributed by atoms with Crippen LogP contribution in [0.5, 0.6) is 0 Å². The van der Waals surface area contributed by atoms with E-state index in [-0.39, 0.29) is 6.61 Å². The number of halogens is 1. The van der Waals surface area contributed by atoms with E-state index in [1.54, 1.807) is 31.2 Å². The summed E-state index contributed by atoms with van der Waals surface area (Å²) in [6, 6.07) is 6.68. The summed E-state index contributed by atoms with van der Waals surface area (Å²) in [5.41, 5.74) is -0.138. The Labute approximate surface area is 118 Å². The van der Waals surface area contributed by atoms with Crippen molar-refractivity contribution in [2.75, 3.05) is 6.61 Å². The van der Waals surface area contributed by atoms with Crippen molar-refractivity contribution in [1.82, 2.24) is 0 Å². The molecule has 0 bridgehead atoms. The summed E-state index contributed by atoms with van der Waals surface area (Å²) in [6.07, 6.45) is -0.777. The fourth-order valence-electron chi connectivity index (χ4n) is 1.34. The number of nitrogens with zero attached hydrogens (tertiary/aromatic N) is 1. The van der Waals surface area contributed by atoms with Crippen LogP contribution in [0.2, 0.25) is 0 Å². The zero-order valence-electron chi connectivity index (χ0n) is 10.1. The number of esters is 1. The minimum Gasteiger partial charge on any atom is -0.464 e. The number of ether oxygens (including phenoxy) is 1. The number of rotatable bonds is 5. The lowest BCUT2D eigenvalue weighted by atomic mass is 10.1. The van der Waals surface area contributed by atoms with Crippen LogP contribution in [0.4, 0.5) is 0 Å². The minimum absolute atomic E-state index is 0.0395. The Bertz CT molecular complexity index is 515. The van der Waals surface area contributed by atoms with E-state index in [0.717, 1.165) is 10.5 Å². The van der Waals surface area contributed by atoms with Crippen molar-refractivity contribution in [3.8, 4) is 0 Å². The molecule has 0 saturated carbocycles. The zero-order chi connectivity index (χ0) is 14.4. The molecule has 6 nitrogen and oxygen atoms in total. The average Bonchev–Trinajstić information content (AvgIpc) is 2.35. The second-order valence-corrected chi connectivity index (χ2v) is 4.45. The van der Waals surface area contributed by atoms with Crippen molar-refractivity contribution in [3.05, 3.63) is 50.1 Å². The number of carbonyl (C=O) groups excluding carboxylic acids is 1. The van der Waals surface area contributed by atoms with Crippen LogP contribution in [-0.2, 0) is 9.53 Å². The molecular weight excluding hydrogens is 318 g/mol. The molecule has 0 heterocycles. The Morgan fingerprint density at radius 3 is 2.84 bits per heavy atom. The van der Waals surface area contributed by atoms with E-state index in [0.29, 0.717) is 5.56 Å². The van der Waals surface area contributed by atoms with E-state index in [9.17, 15) is 20.0 Å². The summed E-state index contributed by atoms with van der Waals surface area (Å²) in [7, 11) is 0. The standard InChI is InChI=1S/C12H12BrNO5/c1-2-19-12(16)11(15)10(14(17)18)7-8-4-3-5-9(13)6-8/h3-7,11,15H,2H2,1H3/b10-7+/t11-/m1/s1. The fraction of sp³-hybridized carbons (Fsp3) is 0.250. The van der Waals surface area contributed by atoms with Gasteiger partial charge < -0.3 is 9.84 Å². The Hall–Kier alpha value is -1.73. The lowest BCUT2D eigenvalue weighted by Crippen LogP contribution is -2.28. The number of aliphatic hydroxyl groups is 1. The molecule has 0 aliphatic rings. The van der Waals surface area contributed by atoms with Crippen molar-refractivity contribution in [2.45, 2.75) is 13.0 Å². The number of carbonyl (C=O) groups is 1. The predicted molar refractivity (Wildman–Crippen MR) is 71.8 cm³/mol. The largest absolute Gasteiger partial charge is 0.464 e. The van der Waals surface area contributed by atoms with Crippen molar-refractivity contribution in [2.24, 2.45) is 0 Å². The lowest BCUT2D eigenvalue weighted by Gasteiger charge is -2.07. The summed E-state index contributed by atoms with van der Waals surface area (Å²) in [4.78, 5) is 21.4. The van der Waals surface area contributed by atoms with Gasteiger partial charge in [0.15, 0.2) is 0 Å². The number of hydrogen-bond acceptors (Lipinski definition) is 5. The van der Waals surface area contributed by atoms with E-state index in [4.69, 9.17) is 0 Å². The Kier molecular flexibility index (Phi) is 5.65. The highest BCUT2D eigenvalue weighted by atomic mass is 79.9. The van der Waals surface area contributed by atoms with Crippen LogP contribution < -0.4 is 0 Å². The molecule has 1 aromatic rings. The molecule has 0 unspecified atom stereocenters. The Balaban J connectivity index is 3.07. The van der Waals surface area contributed by atoms with E-state index in [1.165, 1.54) is 0 Å². The maximum atomic E-state index is 11.3. The number of benzene rings is 1. The van der Waals surface area contributed by atoms with Gasteiger partial charge in [-0.15, -0.1) is 0 Å². The van der Waals surface area contributed by atoms with Gasteiger partial charge in [0, 0.05) is 10.5 Å². The van der Waals surface area contributed by atoms with Gasteiger partial charge in [-0.05, 0) is 24.6 Å². The molecule has 0 radical (unpaired) electrons. The SMILES string of the molecule is CCOC(=O)[C@H](O)/C(=C\c1cccc(Br)c1)[N+](=O)[O-]. The van der Waals surface area contributed by atoms with Crippen LogP contribution in [0.25, 0.3) is 6.08 Å². The average molecular weight is 330 g/mol. The van der Waals surface area contributed by atoms with Gasteiger partial charge in [0.2, 0.25) is 6.10 Å². The summed E-state index contributed by atoms with van der Waals surface area (Å²) in [6.45, 7) is 1.59. The van der Waals surface area contributed by atoms with Gasteiger partial charge >= 0.3 is 5.97 Å². The third-order valence-electron chi connectivity index (χ3n) is 2.16. The molecule has 0 amide bonds. The van der Waals surface area contributed by atoms with Gasteiger partial charge in [-0.25, -0.2) is 4.79 Å². The minimum atomic E-state index is -1.91. The van der Waals surface area contributed by atoms with Crippen molar-refractivity contribution < 1.29 is 19.6 Å². The molecule has 1 rings (SSSR count). The van der Waals surface area contributed by atoms with Gasteiger partial charge in [-0.1, -0.05) is 28.1 Å². The molecule has 0 spiro atoms. The zero-order valence-corrected chi connectivity index (χ0v) is 11.7. The number of hydrogen-bond donors (Lipinski definition) is 1. The molecule has 1 N–H and O–H groups in total. The molecule has 102 valence electrons. The van der Waals surface area contributed by atoms with Gasteiger partial charge in [0.25, 0.3) is 5.70 Å². The highest BCUT2D eigenvalue weighted by Crippen LogP contribution is 2.16. The first-order chi connectivity index (χ1) is 8.95. The smallest absolute Gasteiger partial charge is 0.346 e. The summed E-state index contributed by atoms with van der Waals surface area (Å²) >= 11 is 3.23. The van der Waals surface area contributed by atoms with Gasteiger partial charge in [-0.2, -0.15) is 0 Å². The van der Waals surface area contributed by atoms with Gasteiger partial charge in [0.1, 0.15) is 0 Å². The van der Waals surface area contributed by atoms with Crippen LogP contribution >= 0.6 is 15.9 Å². The first-order valence-corrected chi connectivity index (χ1v) is 6.21. The third kappa shape index (κ3) is 4.46. The monoisotopic (exact) mass is 329 g/mol. The van der Waals surface area contributed by atoms with Crippen molar-refractivity contribution in [3.63, 3.8) is 0 Å². The molecule has 0 aromatic heterocycles. The maximum absolute atomic E-state index is 11.3. The van der Waals surface area contributed by atoms with E-state index >= 15 is 0 Å². The maximum Gasteiger partial charge on any atom is 0.346 e. The van der Waals surface area contributed by atoms with Crippen molar-refractivity contribution >= 4 is 28.0 Å². The predicted octanol–water partition coefficient (Wildman–Crippen LogP) is 1.99. The molecule has 1 atom stereocenters. The normalized spacial score (nSPS) is 12.9. The van der Waals surface area contributed by atoms with Crippen LogP contribution in [0.3, 0.4) is 0 Å². The van der Waals surface area contributed by atoms with Crippen LogP contribution in [-0.4, -0.2) is 28.7 Å². The van der Waals surface area contributed by atoms with E-state index in [2.05, 4.69) is 20.7 Å². The lowest BCUT2D eigenvalue weighted by molar-refractivity contribution is -0.432. The number of aliphatic hydroxyl groups excluding tert-OH is 1. The first-order valence-electron chi connectivity index (χ1n) is 5.42. The molecular formula is C12H12BrNO5. The summed E-state index contributed by atoms with van der Waals surface area (Å²) < 4.78 is 5.28. The second-order valence-electron chi connectivity index (χ2n) is 3.54. The molecule has 0 aliphatic carbocycles. The molecule has 1 aromatic carbocycles. The van der Waals surface area contributed by atoms with Crippen LogP contribution in [0.15, 0.2) is 34.4 Å². The van der Waals surface area contributed by atoms with Crippen LogP contribution in [0, 0.1) is 10.1 Å². The highest BCUT2D eigenvalue weighted by Gasteiger charge is 2.30. The van der Waals surface area contributed by atoms with Crippen LogP contribution in [0.1, 0.15) is 12.5 Å². The molecule has 0 saturated heterocycles. The quantitative estimate of drug-likeness (QED) is 0.507. The molecule has 0 fully saturated rings. The summed E-state index contributed by atoms with van der Waals surface area (Å²) in [5.74, 6) is -1.04. The van der Waals surface area contributed by atoms with Crippen molar-refractivity contribution in [1.29, 1.82) is 0 Å².